The van der Waals surface area contributed by atoms with Gasteiger partial charge < -0.3 is 5.48 Å². The van der Waals surface area contributed by atoms with Gasteiger partial charge >= 0.3 is 27.8 Å². The molecular weight excluding hydrogens is 139 g/mol. The number of hydrogen-bond donors (Lipinski definition) is 2. The molecule has 0 rings (SSSR count). The smallest absolute Gasteiger partial charge is 0.412 e. The Morgan fingerprint density at radius 2 is 1.14 bits per heavy atom. The van der Waals surface area contributed by atoms with Crippen LogP contribution in [0.25, 0.3) is 0 Å². The maximum atomic E-state index is 8.74. The Morgan fingerprint density at radius 3 is 1.14 bits per heavy atom. The van der Waals surface area contributed by atoms with Gasteiger partial charge in [-0.15, -0.1) is 0 Å². The summed E-state index contributed by atoms with van der Waals surface area (Å²) in [6, 6.07) is 0. The average Bonchev–Trinajstić information content (AvgIpc) is 0.722. The van der Waals surface area contributed by atoms with Crippen LogP contribution in [0.5, 0.6) is 0 Å². The van der Waals surface area contributed by atoms with E-state index in [1.165, 1.54) is 0 Å². The molecule has 4 N–H and O–H groups in total. The molecule has 5 nitrogen and oxygen atoms in total. The average molecular weight is 143 g/mol. The van der Waals surface area contributed by atoms with Gasteiger partial charge in [0.15, 0.2) is 0 Å². The first-order valence-corrected chi connectivity index (χ1v) is 2.10. The molecule has 0 heterocycles. The van der Waals surface area contributed by atoms with Gasteiger partial charge in [-0.25, -0.2) is 0 Å². The predicted molar refractivity (Wildman–Crippen MR) is 23.5 cm³/mol. The van der Waals surface area contributed by atoms with Gasteiger partial charge in [-0.1, -0.05) is 0 Å². The Bertz CT molecular complexity index is 91.2. The molecule has 0 saturated heterocycles. The molecule has 0 aromatic heterocycles. The van der Waals surface area contributed by atoms with Gasteiger partial charge in [0.1, 0.15) is 0 Å². The fourth-order valence-corrected chi connectivity index (χ4v) is 0. The van der Waals surface area contributed by atoms with Gasteiger partial charge in [0.05, 0.1) is 0 Å². The minimum absolute atomic E-state index is 0. The molecule has 0 bridgehead atoms. The standard InChI is InChI=1S/Al.H2O4S.H2O/c;1-5(2,3)4;/h;(H2,1,2,3,4);1H2/q+3;;. The number of rotatable bonds is 0. The van der Waals surface area contributed by atoms with E-state index in [4.69, 9.17) is 17.5 Å². The van der Waals surface area contributed by atoms with Crippen molar-refractivity contribution in [3.8, 4) is 0 Å². The molecule has 0 amide bonds. The number of hydrogen-bond acceptors (Lipinski definition) is 2. The third-order valence-electron chi connectivity index (χ3n) is 0. The van der Waals surface area contributed by atoms with Gasteiger partial charge in [0.2, 0.25) is 0 Å². The summed E-state index contributed by atoms with van der Waals surface area (Å²) in [5.74, 6) is 0. The summed E-state index contributed by atoms with van der Waals surface area (Å²) >= 11 is 0. The topological polar surface area (TPSA) is 106 Å². The van der Waals surface area contributed by atoms with Crippen LogP contribution in [0.2, 0.25) is 0 Å². The molecule has 0 aliphatic heterocycles. The van der Waals surface area contributed by atoms with E-state index in [0.29, 0.717) is 0 Å². The van der Waals surface area contributed by atoms with E-state index in [1.807, 2.05) is 0 Å². The molecule has 0 atom stereocenters. The van der Waals surface area contributed by atoms with Crippen molar-refractivity contribution in [3.05, 3.63) is 0 Å². The molecule has 0 unspecified atom stereocenters. The van der Waals surface area contributed by atoms with Crippen molar-refractivity contribution in [2.45, 2.75) is 0 Å². The van der Waals surface area contributed by atoms with Gasteiger partial charge in [-0.3, -0.25) is 9.11 Å². The second-order valence-electron chi connectivity index (χ2n) is 0.448. The van der Waals surface area contributed by atoms with Crippen LogP contribution in [0.15, 0.2) is 0 Å². The van der Waals surface area contributed by atoms with Crippen molar-refractivity contribution in [3.63, 3.8) is 0 Å². The first kappa shape index (κ1) is 15.7. The van der Waals surface area contributed by atoms with Crippen molar-refractivity contribution in [2.24, 2.45) is 0 Å². The quantitative estimate of drug-likeness (QED) is 0.306. The van der Waals surface area contributed by atoms with Crippen LogP contribution in [0.1, 0.15) is 0 Å². The normalized spacial score (nSPS) is 8.29. The van der Waals surface area contributed by atoms with Crippen LogP contribution in [-0.2, 0) is 10.4 Å². The van der Waals surface area contributed by atoms with Crippen LogP contribution < -0.4 is 0 Å². The van der Waals surface area contributed by atoms with E-state index >= 15 is 0 Å². The SMILES string of the molecule is O.O=S(=O)(O)O.[Al+3]. The van der Waals surface area contributed by atoms with Gasteiger partial charge in [0.25, 0.3) is 0 Å². The fraction of sp³-hybridized carbons (Fsp3) is 0. The van der Waals surface area contributed by atoms with Crippen LogP contribution in [0, 0.1) is 0 Å². The third-order valence-corrected chi connectivity index (χ3v) is 0. The molecule has 0 aliphatic carbocycles. The molecule has 7 heavy (non-hydrogen) atoms. The summed E-state index contributed by atoms with van der Waals surface area (Å²) in [6.45, 7) is 0. The Kier molecular flexibility index (Phi) is 10.1. The zero-order valence-corrected chi connectivity index (χ0v) is 5.17. The van der Waals surface area contributed by atoms with Crippen molar-refractivity contribution in [1.82, 2.24) is 0 Å². The Labute approximate surface area is 51.4 Å². The second kappa shape index (κ2) is 4.52. The van der Waals surface area contributed by atoms with Crippen molar-refractivity contribution < 1.29 is 23.0 Å². The van der Waals surface area contributed by atoms with Crippen LogP contribution >= 0.6 is 0 Å². The van der Waals surface area contributed by atoms with Gasteiger partial charge in [-0.05, 0) is 0 Å². The monoisotopic (exact) mass is 143 g/mol. The van der Waals surface area contributed by atoms with E-state index in [1.54, 1.807) is 0 Å². The maximum Gasteiger partial charge on any atom is 3.00 e. The van der Waals surface area contributed by atoms with Crippen molar-refractivity contribution in [1.29, 1.82) is 0 Å². The molecule has 0 saturated carbocycles. The van der Waals surface area contributed by atoms with Crippen LogP contribution in [0.3, 0.4) is 0 Å². The van der Waals surface area contributed by atoms with Gasteiger partial charge in [-0.2, -0.15) is 8.42 Å². The molecule has 40 valence electrons. The zero-order valence-electron chi connectivity index (χ0n) is 3.20. The van der Waals surface area contributed by atoms with Crippen molar-refractivity contribution >= 4 is 27.8 Å². The Balaban J connectivity index is -0.0000000800. The minimum atomic E-state index is -4.67. The van der Waals surface area contributed by atoms with E-state index in [9.17, 15) is 0 Å². The van der Waals surface area contributed by atoms with Gasteiger partial charge in [0, 0.05) is 0 Å². The van der Waals surface area contributed by atoms with E-state index < -0.39 is 10.4 Å². The first-order chi connectivity index (χ1) is 2.00. The minimum Gasteiger partial charge on any atom is -0.412 e. The predicted octanol–water partition coefficient (Wildman–Crippen LogP) is -1.86. The molecule has 0 spiro atoms. The summed E-state index contributed by atoms with van der Waals surface area (Å²) in [5.41, 5.74) is 0. The van der Waals surface area contributed by atoms with Crippen molar-refractivity contribution in [2.75, 3.05) is 0 Å². The summed E-state index contributed by atoms with van der Waals surface area (Å²) in [6.07, 6.45) is 0. The van der Waals surface area contributed by atoms with Crippen LogP contribution in [0.4, 0.5) is 0 Å². The second-order valence-corrected chi connectivity index (χ2v) is 1.34. The molecule has 7 heteroatoms. The van der Waals surface area contributed by atoms with E-state index in [2.05, 4.69) is 0 Å². The van der Waals surface area contributed by atoms with E-state index in [0.717, 1.165) is 0 Å². The summed E-state index contributed by atoms with van der Waals surface area (Å²) in [5, 5.41) is 0. The van der Waals surface area contributed by atoms with E-state index in [-0.39, 0.29) is 22.8 Å². The Hall–Kier alpha value is 0.362. The molecule has 0 fully saturated rings. The molecule has 0 aromatic rings. The maximum absolute atomic E-state index is 8.74. The van der Waals surface area contributed by atoms with Crippen LogP contribution in [-0.4, -0.2) is 40.4 Å². The largest absolute Gasteiger partial charge is 3.00 e. The Morgan fingerprint density at radius 1 is 1.14 bits per heavy atom. The molecular formula is H4AlO5S+3. The molecule has 0 aliphatic rings. The fourth-order valence-electron chi connectivity index (χ4n) is 0. The summed E-state index contributed by atoms with van der Waals surface area (Å²) in [4.78, 5) is 0. The zero-order chi connectivity index (χ0) is 4.50. The molecule has 0 radical (unpaired) electrons. The third kappa shape index (κ3) is 922. The summed E-state index contributed by atoms with van der Waals surface area (Å²) in [7, 11) is -4.67. The first-order valence-electron chi connectivity index (χ1n) is 0.698. The summed E-state index contributed by atoms with van der Waals surface area (Å²) < 4.78 is 31.6. The molecule has 0 aromatic carbocycles.